The Morgan fingerprint density at radius 3 is 0.680 bits per heavy atom. The van der Waals surface area contributed by atoms with Crippen LogP contribution in [0.2, 0.25) is 0 Å². The van der Waals surface area contributed by atoms with E-state index >= 15 is 0 Å². The van der Waals surface area contributed by atoms with Gasteiger partial charge in [0.2, 0.25) is 0 Å². The summed E-state index contributed by atoms with van der Waals surface area (Å²) < 4.78 is 64.6. The van der Waals surface area contributed by atoms with Gasteiger partial charge in [0.05, 0.1) is 152 Å². The van der Waals surface area contributed by atoms with Crippen LogP contribution in [0.3, 0.4) is 0 Å². The molecule has 0 fully saturated rings. The topological polar surface area (TPSA) is 145 Å². The molecule has 0 rings (SSSR count). The molecule has 0 atom stereocenters. The molecule has 0 saturated carbocycles. The minimum absolute atomic E-state index is 0.139. The summed E-state index contributed by atoms with van der Waals surface area (Å²) in [4.78, 5) is 22.2. The molecule has 0 radical (unpaired) electrons. The van der Waals surface area contributed by atoms with Gasteiger partial charge in [-0.3, -0.25) is 9.59 Å². The highest BCUT2D eigenvalue weighted by Crippen LogP contribution is 2.16. The lowest BCUT2D eigenvalue weighted by Gasteiger charge is -2.16. The van der Waals surface area contributed by atoms with Crippen molar-refractivity contribution in [1.82, 2.24) is 0 Å². The highest BCUT2D eigenvalue weighted by molar-refractivity contribution is 5.83. The van der Waals surface area contributed by atoms with Crippen molar-refractivity contribution >= 4 is 11.6 Å². The minimum Gasteiger partial charge on any atom is -0.382 e. The first-order chi connectivity index (χ1) is 23.9. The van der Waals surface area contributed by atoms with Crippen LogP contribution in [0.5, 0.6) is 0 Å². The summed E-state index contributed by atoms with van der Waals surface area (Å²) in [5.41, 5.74) is -0.451. The van der Waals surface area contributed by atoms with Gasteiger partial charge in [0, 0.05) is 24.4 Å². The van der Waals surface area contributed by atoms with Crippen LogP contribution in [-0.2, 0) is 66.4 Å². The zero-order chi connectivity index (χ0) is 37.6. The summed E-state index contributed by atoms with van der Waals surface area (Å²) in [6.07, 6.45) is 0.433. The maximum Gasteiger partial charge on any atom is 0.140 e. The monoisotopic (exact) mass is 728 g/mol. The van der Waals surface area contributed by atoms with Crippen LogP contribution in [0.25, 0.3) is 0 Å². The summed E-state index contributed by atoms with van der Waals surface area (Å²) in [5.74, 6) is 0.446. The summed E-state index contributed by atoms with van der Waals surface area (Å²) in [6.45, 7) is 24.9. The maximum absolute atomic E-state index is 11.8. The largest absolute Gasteiger partial charge is 0.382 e. The Balaban J connectivity index is 0. The quantitative estimate of drug-likeness (QED) is 0.0869. The predicted molar refractivity (Wildman–Crippen MR) is 190 cm³/mol. The second kappa shape index (κ2) is 37.6. The van der Waals surface area contributed by atoms with E-state index in [2.05, 4.69) is 0 Å². The van der Waals surface area contributed by atoms with E-state index in [1.54, 1.807) is 14.0 Å². The number of ketones is 2. The molecule has 0 spiro atoms. The van der Waals surface area contributed by atoms with Gasteiger partial charge in [0.1, 0.15) is 11.6 Å². The third kappa shape index (κ3) is 43.0. The van der Waals surface area contributed by atoms with Crippen molar-refractivity contribution in [2.75, 3.05) is 159 Å². The van der Waals surface area contributed by atoms with Crippen LogP contribution >= 0.6 is 0 Å². The Labute approximate surface area is 302 Å². The Hall–Kier alpha value is -1.14. The summed E-state index contributed by atoms with van der Waals surface area (Å²) in [6, 6.07) is 0. The van der Waals surface area contributed by atoms with Crippen LogP contribution in [0.15, 0.2) is 0 Å². The van der Waals surface area contributed by atoms with Crippen LogP contribution in [0, 0.1) is 10.8 Å². The first-order valence-corrected chi connectivity index (χ1v) is 17.8. The van der Waals surface area contributed by atoms with Gasteiger partial charge in [0.25, 0.3) is 0 Å². The molecular weight excluding hydrogens is 656 g/mol. The van der Waals surface area contributed by atoms with Gasteiger partial charge in [-0.05, 0) is 6.92 Å². The molecule has 0 aliphatic heterocycles. The number of rotatable bonds is 36. The van der Waals surface area contributed by atoms with Gasteiger partial charge in [-0.2, -0.15) is 0 Å². The van der Waals surface area contributed by atoms with Gasteiger partial charge >= 0.3 is 0 Å². The molecular formula is C36H72O14. The zero-order valence-corrected chi connectivity index (χ0v) is 32.7. The number of carbonyl (C=O) groups is 2. The lowest BCUT2D eigenvalue weighted by atomic mass is 9.89. The molecule has 0 N–H and O–H groups in total. The van der Waals surface area contributed by atoms with E-state index in [1.807, 2.05) is 41.5 Å². The Morgan fingerprint density at radius 1 is 0.340 bits per heavy atom. The summed E-state index contributed by atoms with van der Waals surface area (Å²) in [5, 5.41) is 0. The normalized spacial score (nSPS) is 11.8. The third-order valence-electron chi connectivity index (χ3n) is 6.52. The zero-order valence-electron chi connectivity index (χ0n) is 32.7. The van der Waals surface area contributed by atoms with E-state index in [4.69, 9.17) is 56.8 Å². The first-order valence-electron chi connectivity index (χ1n) is 17.8. The average molecular weight is 729 g/mol. The molecule has 300 valence electrons. The van der Waals surface area contributed by atoms with E-state index in [1.165, 1.54) is 0 Å². The predicted octanol–water partition coefficient (Wildman–Crippen LogP) is 3.44. The lowest BCUT2D eigenvalue weighted by molar-refractivity contribution is -0.127. The molecule has 0 unspecified atom stereocenters. The third-order valence-corrected chi connectivity index (χ3v) is 6.52. The molecule has 14 nitrogen and oxygen atoms in total. The van der Waals surface area contributed by atoms with Crippen molar-refractivity contribution in [3.05, 3.63) is 0 Å². The number of carbonyl (C=O) groups excluding carboxylic acids is 2. The highest BCUT2D eigenvalue weighted by atomic mass is 16.6. The standard InChI is InChI=1S/C30H60O13.C6H12O/c1-30(2,3)29(31)5-6-33-9-10-35-13-14-37-17-18-39-21-22-41-25-26-43-28-27-42-24-23-40-20-19-38-16-15-36-12-11-34-8-7-32-4;1-5(7)6(2,3)4/h5-28H2,1-4H3;1-4H3. The highest BCUT2D eigenvalue weighted by Gasteiger charge is 2.20. The van der Waals surface area contributed by atoms with E-state index < -0.39 is 0 Å². The van der Waals surface area contributed by atoms with Crippen molar-refractivity contribution in [3.63, 3.8) is 0 Å². The number of methoxy groups -OCH3 is 1. The van der Waals surface area contributed by atoms with Gasteiger partial charge < -0.3 is 56.8 Å². The van der Waals surface area contributed by atoms with E-state index in [-0.39, 0.29) is 22.4 Å². The van der Waals surface area contributed by atoms with Crippen molar-refractivity contribution in [2.45, 2.75) is 54.9 Å². The molecule has 0 aliphatic rings. The molecule has 14 heteroatoms. The van der Waals surface area contributed by atoms with Gasteiger partial charge in [-0.1, -0.05) is 41.5 Å². The Kier molecular flexibility index (Phi) is 38.3. The fourth-order valence-corrected chi connectivity index (χ4v) is 2.98. The van der Waals surface area contributed by atoms with Crippen molar-refractivity contribution in [2.24, 2.45) is 10.8 Å². The van der Waals surface area contributed by atoms with Crippen LogP contribution in [-0.4, -0.2) is 171 Å². The summed E-state index contributed by atoms with van der Waals surface area (Å²) >= 11 is 0. The number of ether oxygens (including phenoxy) is 12. The van der Waals surface area contributed by atoms with Gasteiger partial charge in [0.15, 0.2) is 0 Å². The van der Waals surface area contributed by atoms with Crippen molar-refractivity contribution in [3.8, 4) is 0 Å². The van der Waals surface area contributed by atoms with Gasteiger partial charge in [-0.25, -0.2) is 0 Å². The first kappa shape index (κ1) is 51.0. The van der Waals surface area contributed by atoms with Crippen molar-refractivity contribution < 1.29 is 66.4 Å². The van der Waals surface area contributed by atoms with Gasteiger partial charge in [-0.15, -0.1) is 0 Å². The van der Waals surface area contributed by atoms with Crippen molar-refractivity contribution in [1.29, 1.82) is 0 Å². The maximum atomic E-state index is 11.8. The SMILES string of the molecule is CC(=O)C(C)(C)C.COCCOCCOCCOCCOCCOCCOCCOCCOCCOCCOCCOCCC(=O)C(C)(C)C. The molecule has 0 aromatic heterocycles. The fourth-order valence-electron chi connectivity index (χ4n) is 2.98. The second-order valence-corrected chi connectivity index (χ2v) is 13.0. The minimum atomic E-state index is -0.312. The molecule has 0 heterocycles. The molecule has 0 amide bonds. The molecule has 0 bridgehead atoms. The molecule has 0 saturated heterocycles. The molecule has 0 aromatic carbocycles. The van der Waals surface area contributed by atoms with Crippen LogP contribution in [0.1, 0.15) is 54.9 Å². The second-order valence-electron chi connectivity index (χ2n) is 13.0. The Bertz CT molecular complexity index is 725. The van der Waals surface area contributed by atoms with E-state index in [0.717, 1.165) is 0 Å². The molecule has 0 aliphatic carbocycles. The average Bonchev–Trinajstić information content (AvgIpc) is 3.05. The van der Waals surface area contributed by atoms with Crippen LogP contribution in [0.4, 0.5) is 0 Å². The number of Topliss-reactive ketones (excluding diaryl/α,β-unsaturated/α-hetero) is 2. The Morgan fingerprint density at radius 2 is 0.520 bits per heavy atom. The fraction of sp³-hybridized carbons (Fsp3) is 0.944. The summed E-state index contributed by atoms with van der Waals surface area (Å²) in [7, 11) is 1.64. The lowest BCUT2D eigenvalue weighted by Crippen LogP contribution is -2.22. The smallest absolute Gasteiger partial charge is 0.140 e. The molecule has 50 heavy (non-hydrogen) atoms. The number of hydrogen-bond acceptors (Lipinski definition) is 14. The van der Waals surface area contributed by atoms with E-state index in [9.17, 15) is 9.59 Å². The van der Waals surface area contributed by atoms with E-state index in [0.29, 0.717) is 158 Å². The van der Waals surface area contributed by atoms with Crippen LogP contribution < -0.4 is 0 Å². The number of hydrogen-bond donors (Lipinski definition) is 0. The molecule has 0 aromatic rings.